The monoisotopic (exact) mass is 323 g/mol. The summed E-state index contributed by atoms with van der Waals surface area (Å²) in [5.74, 6) is -0.220. The van der Waals surface area contributed by atoms with Crippen LogP contribution in [0.4, 0.5) is 4.39 Å². The lowest BCUT2D eigenvalue weighted by Gasteiger charge is -2.27. The van der Waals surface area contributed by atoms with Gasteiger partial charge in [-0.15, -0.1) is 6.58 Å². The van der Waals surface area contributed by atoms with Crippen molar-refractivity contribution in [3.8, 4) is 0 Å². The molecule has 4 nitrogen and oxygen atoms in total. The molecule has 0 amide bonds. The van der Waals surface area contributed by atoms with E-state index in [9.17, 15) is 9.50 Å². The number of rotatable bonds is 10. The first kappa shape index (κ1) is 18.1. The van der Waals surface area contributed by atoms with Crippen molar-refractivity contribution >= 4 is 0 Å². The minimum atomic E-state index is -0.622. The van der Waals surface area contributed by atoms with Gasteiger partial charge in [-0.2, -0.15) is 0 Å². The fourth-order valence-corrected chi connectivity index (χ4v) is 2.79. The van der Waals surface area contributed by atoms with Gasteiger partial charge in [0.25, 0.3) is 0 Å². The quantitative estimate of drug-likeness (QED) is 0.530. The van der Waals surface area contributed by atoms with E-state index >= 15 is 0 Å². The molecule has 0 spiro atoms. The van der Waals surface area contributed by atoms with Crippen LogP contribution in [0.2, 0.25) is 0 Å². The molecule has 1 fully saturated rings. The van der Waals surface area contributed by atoms with E-state index in [2.05, 4.69) is 6.58 Å². The Morgan fingerprint density at radius 2 is 2.30 bits per heavy atom. The molecular formula is C18H26FNO3. The van der Waals surface area contributed by atoms with Crippen LogP contribution in [0.25, 0.3) is 0 Å². The summed E-state index contributed by atoms with van der Waals surface area (Å²) in [6.07, 6.45) is 3.25. The molecule has 0 saturated carbocycles. The zero-order valence-electron chi connectivity index (χ0n) is 13.5. The largest absolute Gasteiger partial charge is 0.389 e. The first-order valence-electron chi connectivity index (χ1n) is 8.13. The third-order valence-corrected chi connectivity index (χ3v) is 3.85. The molecule has 1 aromatic rings. The van der Waals surface area contributed by atoms with Crippen molar-refractivity contribution in [2.45, 2.75) is 31.6 Å². The minimum absolute atomic E-state index is 0.156. The van der Waals surface area contributed by atoms with Crippen LogP contribution in [0.3, 0.4) is 0 Å². The topological polar surface area (TPSA) is 41.9 Å². The molecule has 2 atom stereocenters. The van der Waals surface area contributed by atoms with Crippen LogP contribution >= 0.6 is 0 Å². The van der Waals surface area contributed by atoms with Crippen LogP contribution in [0.5, 0.6) is 0 Å². The second-order valence-corrected chi connectivity index (χ2v) is 5.90. The van der Waals surface area contributed by atoms with E-state index in [-0.39, 0.29) is 18.5 Å². The molecule has 1 aliphatic heterocycles. The van der Waals surface area contributed by atoms with Crippen LogP contribution in [0, 0.1) is 5.82 Å². The summed E-state index contributed by atoms with van der Waals surface area (Å²) in [5, 5.41) is 10.1. The maximum atomic E-state index is 13.9. The fraction of sp³-hybridized carbons (Fsp3) is 0.556. The lowest BCUT2D eigenvalue weighted by atomic mass is 10.1. The fourth-order valence-electron chi connectivity index (χ4n) is 2.79. The number of ether oxygens (including phenoxy) is 2. The van der Waals surface area contributed by atoms with Crippen molar-refractivity contribution in [3.63, 3.8) is 0 Å². The molecule has 1 heterocycles. The van der Waals surface area contributed by atoms with Crippen LogP contribution < -0.4 is 0 Å². The van der Waals surface area contributed by atoms with Gasteiger partial charge in [0.05, 0.1) is 25.4 Å². The third-order valence-electron chi connectivity index (χ3n) is 3.85. The lowest BCUT2D eigenvalue weighted by Crippen LogP contribution is -2.39. The van der Waals surface area contributed by atoms with Crippen LogP contribution in [0.1, 0.15) is 18.4 Å². The van der Waals surface area contributed by atoms with Crippen molar-refractivity contribution in [1.29, 1.82) is 0 Å². The molecule has 5 heteroatoms. The number of nitrogens with zero attached hydrogens (tertiary/aromatic N) is 1. The number of halogens is 1. The first-order valence-corrected chi connectivity index (χ1v) is 8.13. The Morgan fingerprint density at radius 3 is 3.00 bits per heavy atom. The van der Waals surface area contributed by atoms with E-state index in [1.54, 1.807) is 18.2 Å². The van der Waals surface area contributed by atoms with Gasteiger partial charge in [-0.05, 0) is 18.9 Å². The van der Waals surface area contributed by atoms with Gasteiger partial charge >= 0.3 is 0 Å². The van der Waals surface area contributed by atoms with E-state index in [1.165, 1.54) is 6.07 Å². The summed E-state index contributed by atoms with van der Waals surface area (Å²) in [7, 11) is 0. The van der Waals surface area contributed by atoms with Gasteiger partial charge in [0, 0.05) is 31.8 Å². The number of hydrogen-bond donors (Lipinski definition) is 1. The SMILES string of the molecule is C=CCOC[C@@H](O)CN(Cc1ccccc1F)C[C@H]1CCCO1. The summed E-state index contributed by atoms with van der Waals surface area (Å²) >= 11 is 0. The summed E-state index contributed by atoms with van der Waals surface area (Å²) < 4.78 is 24.9. The van der Waals surface area contributed by atoms with Crippen molar-refractivity contribution < 1.29 is 19.0 Å². The molecule has 1 aliphatic rings. The molecule has 1 aromatic carbocycles. The molecule has 128 valence electrons. The highest BCUT2D eigenvalue weighted by Crippen LogP contribution is 2.16. The van der Waals surface area contributed by atoms with Crippen LogP contribution in [-0.2, 0) is 16.0 Å². The van der Waals surface area contributed by atoms with E-state index in [1.807, 2.05) is 11.0 Å². The normalized spacial score (nSPS) is 19.2. The zero-order chi connectivity index (χ0) is 16.5. The Balaban J connectivity index is 1.93. The Bertz CT molecular complexity index is 477. The maximum absolute atomic E-state index is 13.9. The second-order valence-electron chi connectivity index (χ2n) is 5.90. The van der Waals surface area contributed by atoms with Crippen molar-refractivity contribution in [3.05, 3.63) is 48.3 Å². The predicted octanol–water partition coefficient (Wildman–Crippen LogP) is 2.37. The van der Waals surface area contributed by atoms with Gasteiger partial charge in [0.1, 0.15) is 5.82 Å². The molecule has 0 radical (unpaired) electrons. The smallest absolute Gasteiger partial charge is 0.127 e. The Labute approximate surface area is 137 Å². The average Bonchev–Trinajstić information content (AvgIpc) is 3.03. The molecule has 0 aromatic heterocycles. The second kappa shape index (κ2) is 9.78. The molecule has 0 aliphatic carbocycles. The van der Waals surface area contributed by atoms with E-state index in [0.29, 0.717) is 31.8 Å². The van der Waals surface area contributed by atoms with Crippen LogP contribution in [-0.4, -0.2) is 55.1 Å². The van der Waals surface area contributed by atoms with E-state index in [4.69, 9.17) is 9.47 Å². The molecule has 23 heavy (non-hydrogen) atoms. The molecule has 1 saturated heterocycles. The van der Waals surface area contributed by atoms with Crippen LogP contribution in [0.15, 0.2) is 36.9 Å². The molecule has 0 unspecified atom stereocenters. The molecular weight excluding hydrogens is 297 g/mol. The third kappa shape index (κ3) is 6.39. The summed E-state index contributed by atoms with van der Waals surface area (Å²) in [6.45, 7) is 6.57. The van der Waals surface area contributed by atoms with Crippen molar-refractivity contribution in [2.24, 2.45) is 0 Å². The van der Waals surface area contributed by atoms with Crippen molar-refractivity contribution in [2.75, 3.05) is 32.9 Å². The predicted molar refractivity (Wildman–Crippen MR) is 87.7 cm³/mol. The molecule has 2 rings (SSSR count). The van der Waals surface area contributed by atoms with Crippen molar-refractivity contribution in [1.82, 2.24) is 4.90 Å². The van der Waals surface area contributed by atoms with Gasteiger partial charge in [-0.3, -0.25) is 4.90 Å². The Hall–Kier alpha value is -1.27. The van der Waals surface area contributed by atoms with Gasteiger partial charge in [-0.25, -0.2) is 4.39 Å². The highest BCUT2D eigenvalue weighted by atomic mass is 19.1. The summed E-state index contributed by atoms with van der Waals surface area (Å²) in [5.41, 5.74) is 0.629. The number of benzene rings is 1. The van der Waals surface area contributed by atoms with Gasteiger partial charge < -0.3 is 14.6 Å². The van der Waals surface area contributed by atoms with Gasteiger partial charge in [0.2, 0.25) is 0 Å². The number of aliphatic hydroxyl groups is 1. The van der Waals surface area contributed by atoms with Gasteiger partial charge in [-0.1, -0.05) is 24.3 Å². The Kier molecular flexibility index (Phi) is 7.68. The maximum Gasteiger partial charge on any atom is 0.127 e. The summed E-state index contributed by atoms with van der Waals surface area (Å²) in [4.78, 5) is 2.04. The summed E-state index contributed by atoms with van der Waals surface area (Å²) in [6, 6.07) is 6.75. The highest BCUT2D eigenvalue weighted by Gasteiger charge is 2.22. The Morgan fingerprint density at radius 1 is 1.48 bits per heavy atom. The first-order chi connectivity index (χ1) is 11.2. The lowest BCUT2D eigenvalue weighted by molar-refractivity contribution is 0.00830. The average molecular weight is 323 g/mol. The standard InChI is InChI=1S/C18H26FNO3/c1-2-9-22-14-16(21)12-20(13-17-7-5-10-23-17)11-15-6-3-4-8-18(15)19/h2-4,6,8,16-17,21H,1,5,7,9-14H2/t16-,17+/m0/s1. The zero-order valence-corrected chi connectivity index (χ0v) is 13.5. The van der Waals surface area contributed by atoms with Gasteiger partial charge in [0.15, 0.2) is 0 Å². The van der Waals surface area contributed by atoms with E-state index in [0.717, 1.165) is 19.4 Å². The minimum Gasteiger partial charge on any atom is -0.389 e. The number of hydrogen-bond acceptors (Lipinski definition) is 4. The van der Waals surface area contributed by atoms with E-state index < -0.39 is 6.10 Å². The highest BCUT2D eigenvalue weighted by molar-refractivity contribution is 5.17. The molecule has 0 bridgehead atoms. The number of aliphatic hydroxyl groups excluding tert-OH is 1. The molecule has 1 N–H and O–H groups in total.